The van der Waals surface area contributed by atoms with E-state index in [1.54, 1.807) is 0 Å². The van der Waals surface area contributed by atoms with Crippen molar-refractivity contribution in [1.82, 2.24) is 10.2 Å². The number of hydrogen-bond acceptors (Lipinski definition) is 3. The molecule has 0 saturated carbocycles. The number of nitrogens with one attached hydrogen (secondary N) is 1. The number of carbonyl (C=O) groups is 1. The van der Waals surface area contributed by atoms with Crippen molar-refractivity contribution >= 4 is 23.2 Å². The fourth-order valence-electron chi connectivity index (χ4n) is 2.60. The van der Waals surface area contributed by atoms with Crippen molar-refractivity contribution in [2.75, 3.05) is 44.2 Å². The Morgan fingerprint density at radius 1 is 1.16 bits per heavy atom. The van der Waals surface area contributed by atoms with E-state index in [4.69, 9.17) is 11.6 Å². The van der Waals surface area contributed by atoms with Crippen molar-refractivity contribution in [2.24, 2.45) is 5.92 Å². The van der Waals surface area contributed by atoms with Gasteiger partial charge in [0.05, 0.1) is 16.6 Å². The molecule has 1 N–H and O–H groups in total. The van der Waals surface area contributed by atoms with Gasteiger partial charge in [-0.25, -0.2) is 0 Å². The topological polar surface area (TPSA) is 35.6 Å². The molecule has 4 nitrogen and oxygen atoms in total. The highest BCUT2D eigenvalue weighted by Gasteiger charge is 2.31. The van der Waals surface area contributed by atoms with Crippen molar-refractivity contribution in [3.05, 3.63) is 29.3 Å². The summed E-state index contributed by atoms with van der Waals surface area (Å²) < 4.78 is 0. The molecule has 1 amide bonds. The van der Waals surface area contributed by atoms with Gasteiger partial charge in [0.15, 0.2) is 0 Å². The van der Waals surface area contributed by atoms with E-state index in [1.807, 2.05) is 29.2 Å². The largest absolute Gasteiger partial charge is 0.367 e. The Kier molecular flexibility index (Phi) is 3.62. The number of halogens is 1. The molecule has 0 atom stereocenters. The lowest BCUT2D eigenvalue weighted by atomic mass is 10.0. The SMILES string of the molecule is O=C(C1CNC1)N1CCN(c2ccccc2Cl)CC1. The van der Waals surface area contributed by atoms with Gasteiger partial charge in [-0.05, 0) is 12.1 Å². The third-order valence-corrected chi connectivity index (χ3v) is 4.23. The van der Waals surface area contributed by atoms with Crippen LogP contribution in [-0.2, 0) is 4.79 Å². The molecule has 2 aliphatic rings. The number of para-hydroxylation sites is 1. The second-order valence-electron chi connectivity index (χ2n) is 5.12. The molecule has 2 heterocycles. The van der Waals surface area contributed by atoms with Crippen molar-refractivity contribution in [2.45, 2.75) is 0 Å². The fraction of sp³-hybridized carbons (Fsp3) is 0.500. The molecule has 2 saturated heterocycles. The normalized spacial score (nSPS) is 20.3. The molecule has 19 heavy (non-hydrogen) atoms. The van der Waals surface area contributed by atoms with Gasteiger partial charge < -0.3 is 15.1 Å². The van der Waals surface area contributed by atoms with Crippen molar-refractivity contribution in [1.29, 1.82) is 0 Å². The summed E-state index contributed by atoms with van der Waals surface area (Å²) in [5.41, 5.74) is 1.07. The Bertz CT molecular complexity index is 468. The molecule has 0 unspecified atom stereocenters. The van der Waals surface area contributed by atoms with E-state index in [9.17, 15) is 4.79 Å². The Labute approximate surface area is 118 Å². The summed E-state index contributed by atoms with van der Waals surface area (Å²) in [4.78, 5) is 16.4. The van der Waals surface area contributed by atoms with Gasteiger partial charge in [-0.15, -0.1) is 0 Å². The Morgan fingerprint density at radius 3 is 2.42 bits per heavy atom. The van der Waals surface area contributed by atoms with Crippen LogP contribution in [0.15, 0.2) is 24.3 Å². The molecule has 2 aliphatic heterocycles. The summed E-state index contributed by atoms with van der Waals surface area (Å²) in [6.45, 7) is 4.97. The van der Waals surface area contributed by atoms with Crippen LogP contribution in [0.4, 0.5) is 5.69 Å². The molecular formula is C14H18ClN3O. The summed E-state index contributed by atoms with van der Waals surface area (Å²) in [6.07, 6.45) is 0. The number of benzene rings is 1. The third-order valence-electron chi connectivity index (χ3n) is 3.92. The monoisotopic (exact) mass is 279 g/mol. The number of rotatable bonds is 2. The van der Waals surface area contributed by atoms with Gasteiger partial charge in [0, 0.05) is 39.3 Å². The molecule has 102 valence electrons. The van der Waals surface area contributed by atoms with Crippen LogP contribution in [0.1, 0.15) is 0 Å². The quantitative estimate of drug-likeness (QED) is 0.884. The number of nitrogens with zero attached hydrogens (tertiary/aromatic N) is 2. The highest BCUT2D eigenvalue weighted by molar-refractivity contribution is 6.33. The van der Waals surface area contributed by atoms with E-state index >= 15 is 0 Å². The maximum Gasteiger partial charge on any atom is 0.228 e. The van der Waals surface area contributed by atoms with E-state index in [1.165, 1.54) is 0 Å². The molecule has 0 bridgehead atoms. The van der Waals surface area contributed by atoms with Crippen molar-refractivity contribution in [3.63, 3.8) is 0 Å². The standard InChI is InChI=1S/C14H18ClN3O/c15-12-3-1-2-4-13(12)17-5-7-18(8-6-17)14(19)11-9-16-10-11/h1-4,11,16H,5-10H2. The predicted molar refractivity (Wildman–Crippen MR) is 76.6 cm³/mol. The van der Waals surface area contributed by atoms with Crippen molar-refractivity contribution in [3.8, 4) is 0 Å². The van der Waals surface area contributed by atoms with Crippen LogP contribution in [0.25, 0.3) is 0 Å². The van der Waals surface area contributed by atoms with Crippen LogP contribution in [-0.4, -0.2) is 50.1 Å². The van der Waals surface area contributed by atoms with Gasteiger partial charge in [-0.3, -0.25) is 4.79 Å². The van der Waals surface area contributed by atoms with E-state index in [2.05, 4.69) is 10.2 Å². The second-order valence-corrected chi connectivity index (χ2v) is 5.53. The smallest absolute Gasteiger partial charge is 0.228 e. The predicted octanol–water partition coefficient (Wildman–Crippen LogP) is 1.21. The Morgan fingerprint density at radius 2 is 1.84 bits per heavy atom. The second kappa shape index (κ2) is 5.39. The molecule has 5 heteroatoms. The maximum atomic E-state index is 12.1. The zero-order valence-electron chi connectivity index (χ0n) is 10.8. The molecule has 1 aromatic rings. The first-order valence-corrected chi connectivity index (χ1v) is 7.12. The van der Waals surface area contributed by atoms with Crippen LogP contribution in [0, 0.1) is 5.92 Å². The van der Waals surface area contributed by atoms with E-state index < -0.39 is 0 Å². The number of hydrogen-bond donors (Lipinski definition) is 1. The van der Waals surface area contributed by atoms with Gasteiger partial charge in [0.2, 0.25) is 5.91 Å². The highest BCUT2D eigenvalue weighted by atomic mass is 35.5. The van der Waals surface area contributed by atoms with Crippen LogP contribution in [0.3, 0.4) is 0 Å². The maximum absolute atomic E-state index is 12.1. The minimum atomic E-state index is 0.201. The van der Waals surface area contributed by atoms with Crippen LogP contribution < -0.4 is 10.2 Å². The van der Waals surface area contributed by atoms with E-state index in [0.717, 1.165) is 50.0 Å². The lowest BCUT2D eigenvalue weighted by Crippen LogP contribution is -2.56. The van der Waals surface area contributed by atoms with Gasteiger partial charge >= 0.3 is 0 Å². The fourth-order valence-corrected chi connectivity index (χ4v) is 2.85. The van der Waals surface area contributed by atoms with E-state index in [-0.39, 0.29) is 5.92 Å². The lowest BCUT2D eigenvalue weighted by Gasteiger charge is -2.39. The Balaban J connectivity index is 1.60. The molecule has 3 rings (SSSR count). The van der Waals surface area contributed by atoms with Gasteiger partial charge in [-0.1, -0.05) is 23.7 Å². The van der Waals surface area contributed by atoms with Crippen LogP contribution in [0.5, 0.6) is 0 Å². The van der Waals surface area contributed by atoms with Gasteiger partial charge in [-0.2, -0.15) is 0 Å². The Hall–Kier alpha value is -1.26. The summed E-state index contributed by atoms with van der Waals surface area (Å²) in [7, 11) is 0. The molecule has 2 fully saturated rings. The van der Waals surface area contributed by atoms with Gasteiger partial charge in [0.25, 0.3) is 0 Å². The molecule has 0 spiro atoms. The number of amides is 1. The van der Waals surface area contributed by atoms with Crippen molar-refractivity contribution < 1.29 is 4.79 Å². The first kappa shape index (κ1) is 12.8. The highest BCUT2D eigenvalue weighted by Crippen LogP contribution is 2.26. The van der Waals surface area contributed by atoms with Crippen LogP contribution >= 0.6 is 11.6 Å². The van der Waals surface area contributed by atoms with Gasteiger partial charge in [0.1, 0.15) is 0 Å². The zero-order valence-corrected chi connectivity index (χ0v) is 11.6. The zero-order chi connectivity index (χ0) is 13.2. The minimum Gasteiger partial charge on any atom is -0.367 e. The van der Waals surface area contributed by atoms with E-state index in [0.29, 0.717) is 5.91 Å². The molecule has 0 radical (unpaired) electrons. The first-order valence-electron chi connectivity index (χ1n) is 6.74. The third kappa shape index (κ3) is 2.55. The number of piperazine rings is 1. The van der Waals surface area contributed by atoms with Crippen LogP contribution in [0.2, 0.25) is 5.02 Å². The number of anilines is 1. The number of carbonyl (C=O) groups excluding carboxylic acids is 1. The average Bonchev–Trinajstić information content (AvgIpc) is 2.37. The summed E-state index contributed by atoms with van der Waals surface area (Å²) >= 11 is 6.21. The summed E-state index contributed by atoms with van der Waals surface area (Å²) in [5, 5.41) is 3.93. The molecule has 0 aromatic heterocycles. The lowest BCUT2D eigenvalue weighted by molar-refractivity contribution is -0.137. The first-order chi connectivity index (χ1) is 9.25. The molecule has 1 aromatic carbocycles. The minimum absolute atomic E-state index is 0.201. The molecule has 0 aliphatic carbocycles. The summed E-state index contributed by atoms with van der Waals surface area (Å²) in [5.74, 6) is 0.504. The average molecular weight is 280 g/mol. The molecular weight excluding hydrogens is 262 g/mol. The summed E-state index contributed by atoms with van der Waals surface area (Å²) in [6, 6.07) is 7.89.